The van der Waals surface area contributed by atoms with Crippen LogP contribution >= 0.6 is 11.3 Å². The number of carbonyl (C=O) groups is 5. The zero-order valence-electron chi connectivity index (χ0n) is 17.2. The second kappa shape index (κ2) is 10.2. The quantitative estimate of drug-likeness (QED) is 0.202. The van der Waals surface area contributed by atoms with Gasteiger partial charge >= 0.3 is 11.9 Å². The summed E-state index contributed by atoms with van der Waals surface area (Å²) in [6.45, 7) is 0.0301. The molecule has 2 heterocycles. The Bertz CT molecular complexity index is 1050. The molecule has 174 valence electrons. The maximum Gasteiger partial charge on any atom is 0.331 e. The molecule has 3 unspecified atom stereocenters. The van der Waals surface area contributed by atoms with Crippen molar-refractivity contribution in [2.75, 3.05) is 13.2 Å². The fourth-order valence-electron chi connectivity index (χ4n) is 3.13. The number of nitrogens with zero attached hydrogens (tertiary/aromatic N) is 1. The van der Waals surface area contributed by atoms with Crippen LogP contribution in [0.3, 0.4) is 0 Å². The Hall–Kier alpha value is -3.77. The van der Waals surface area contributed by atoms with Gasteiger partial charge in [0.25, 0.3) is 5.91 Å². The normalized spacial score (nSPS) is 16.9. The van der Waals surface area contributed by atoms with Crippen LogP contribution in [-0.2, 0) is 19.2 Å². The molecule has 1 fully saturated rings. The molecule has 0 bridgehead atoms. The zero-order valence-corrected chi connectivity index (χ0v) is 18.0. The number of rotatable bonds is 11. The Morgan fingerprint density at radius 2 is 1.85 bits per heavy atom. The lowest BCUT2D eigenvalue weighted by Gasteiger charge is -2.41. The second-order valence-electron chi connectivity index (χ2n) is 7.21. The molecule has 2 amide bonds. The molecule has 11 nitrogen and oxygen atoms in total. The number of amides is 2. The summed E-state index contributed by atoms with van der Waals surface area (Å²) in [5.74, 6) is -4.39. The first-order valence-electron chi connectivity index (χ1n) is 9.82. The number of carbonyl (C=O) groups excluding carboxylic acids is 3. The van der Waals surface area contributed by atoms with Crippen LogP contribution in [0.4, 0.5) is 0 Å². The molecule has 1 aliphatic rings. The van der Waals surface area contributed by atoms with Crippen LogP contribution in [0.15, 0.2) is 41.8 Å². The predicted octanol–water partition coefficient (Wildman–Crippen LogP) is 0.265. The Balaban J connectivity index is 1.52. The first-order valence-corrected chi connectivity index (χ1v) is 10.7. The van der Waals surface area contributed by atoms with Crippen LogP contribution in [0.2, 0.25) is 0 Å². The lowest BCUT2D eigenvalue weighted by molar-refractivity contribution is -0.159. The molecular weight excluding hydrogens is 454 g/mol. The van der Waals surface area contributed by atoms with Gasteiger partial charge in [-0.25, -0.2) is 4.79 Å². The average molecular weight is 475 g/mol. The lowest BCUT2D eigenvalue weighted by Crippen LogP contribution is -2.65. The largest absolute Gasteiger partial charge is 0.494 e. The summed E-state index contributed by atoms with van der Waals surface area (Å²) in [5, 5.41) is 22.2. The molecule has 3 atom stereocenters. The first-order chi connectivity index (χ1) is 15.7. The van der Waals surface area contributed by atoms with E-state index in [0.717, 1.165) is 4.90 Å². The third-order valence-electron chi connectivity index (χ3n) is 4.96. The summed E-state index contributed by atoms with van der Waals surface area (Å²) < 4.78 is 5.36. The number of carboxylic acid groups (broad SMARTS) is 2. The van der Waals surface area contributed by atoms with E-state index in [4.69, 9.17) is 15.6 Å². The highest BCUT2D eigenvalue weighted by Gasteiger charge is 2.45. The van der Waals surface area contributed by atoms with Crippen molar-refractivity contribution in [2.24, 2.45) is 5.73 Å². The molecule has 1 aromatic heterocycles. The minimum absolute atomic E-state index is 0.0298. The van der Waals surface area contributed by atoms with Gasteiger partial charge in [-0.1, -0.05) is 6.07 Å². The molecule has 1 saturated heterocycles. The van der Waals surface area contributed by atoms with Crippen molar-refractivity contribution in [2.45, 2.75) is 24.5 Å². The van der Waals surface area contributed by atoms with E-state index in [-0.39, 0.29) is 25.1 Å². The van der Waals surface area contributed by atoms with Crippen LogP contribution in [0.1, 0.15) is 27.7 Å². The number of aliphatic carboxylic acids is 2. The third kappa shape index (κ3) is 5.54. The van der Waals surface area contributed by atoms with Gasteiger partial charge < -0.3 is 30.9 Å². The number of Topliss-reactive ketones (excluding diaryl/α,β-unsaturated/α-hetero) is 1. The summed E-state index contributed by atoms with van der Waals surface area (Å²) >= 11 is 1.21. The molecule has 5 N–H and O–H groups in total. The van der Waals surface area contributed by atoms with E-state index in [1.165, 1.54) is 35.6 Å². The number of hydrogen-bond acceptors (Lipinski definition) is 8. The summed E-state index contributed by atoms with van der Waals surface area (Å²) in [6.07, 6.45) is 0.0973. The van der Waals surface area contributed by atoms with Crippen molar-refractivity contribution in [3.05, 3.63) is 52.2 Å². The topological polar surface area (TPSA) is 176 Å². The molecule has 0 spiro atoms. The van der Waals surface area contributed by atoms with Crippen molar-refractivity contribution >= 4 is 40.9 Å². The second-order valence-corrected chi connectivity index (χ2v) is 8.19. The number of ether oxygens (including phenoxy) is 1. The number of nitrogens with two attached hydrogens (primary N) is 1. The Kier molecular flexibility index (Phi) is 7.41. The molecule has 3 rings (SSSR count). The van der Waals surface area contributed by atoms with Crippen LogP contribution < -0.4 is 15.8 Å². The maximum atomic E-state index is 12.4. The van der Waals surface area contributed by atoms with Crippen LogP contribution in [-0.4, -0.2) is 69.9 Å². The highest BCUT2D eigenvalue weighted by molar-refractivity contribution is 7.10. The monoisotopic (exact) mass is 475 g/mol. The van der Waals surface area contributed by atoms with Crippen LogP contribution in [0, 0.1) is 0 Å². The number of benzene rings is 1. The maximum absolute atomic E-state index is 12.4. The first kappa shape index (κ1) is 23.9. The number of carboxylic acids is 2. The molecule has 12 heteroatoms. The average Bonchev–Trinajstić information content (AvgIpc) is 3.31. The standard InChI is InChI=1S/C21H21N3O8S/c22-13(20(28)29)7-8-32-12-5-3-11(4-6-12)17(25)18(26)23-14-10-24(19(14)27)16(21(30)31)15-2-1-9-33-15/h1-6,9,13-14,16H,7-8,10,22H2,(H,23,26)(H,28,29)(H,30,31). The van der Waals surface area contributed by atoms with Gasteiger partial charge in [-0.3, -0.25) is 19.2 Å². The van der Waals surface area contributed by atoms with E-state index in [2.05, 4.69) is 5.32 Å². The molecule has 1 aromatic carbocycles. The van der Waals surface area contributed by atoms with Crippen molar-refractivity contribution < 1.29 is 38.9 Å². The van der Waals surface area contributed by atoms with E-state index >= 15 is 0 Å². The number of ketones is 1. The molecule has 0 saturated carbocycles. The summed E-state index contributed by atoms with van der Waals surface area (Å²) in [5.41, 5.74) is 5.45. The number of nitrogens with one attached hydrogen (secondary N) is 1. The van der Waals surface area contributed by atoms with Gasteiger partial charge in [0.05, 0.1) is 13.2 Å². The number of hydrogen-bond donors (Lipinski definition) is 4. The Morgan fingerprint density at radius 3 is 2.39 bits per heavy atom. The SMILES string of the molecule is NC(CCOc1ccc(C(=O)C(=O)NC2CN(C(C(=O)O)c3cccs3)C2=O)cc1)C(=O)O. The van der Waals surface area contributed by atoms with E-state index in [9.17, 15) is 29.1 Å². The van der Waals surface area contributed by atoms with Gasteiger partial charge in [-0.05, 0) is 35.7 Å². The lowest BCUT2D eigenvalue weighted by atomic mass is 10.0. The van der Waals surface area contributed by atoms with Crippen molar-refractivity contribution in [3.63, 3.8) is 0 Å². The molecule has 1 aliphatic heterocycles. The van der Waals surface area contributed by atoms with Gasteiger partial charge in [-0.15, -0.1) is 11.3 Å². The summed E-state index contributed by atoms with van der Waals surface area (Å²) in [4.78, 5) is 60.9. The van der Waals surface area contributed by atoms with Gasteiger partial charge in [0, 0.05) is 16.9 Å². The van der Waals surface area contributed by atoms with Crippen LogP contribution in [0.5, 0.6) is 5.75 Å². The van der Waals surface area contributed by atoms with Gasteiger partial charge in [0.2, 0.25) is 11.7 Å². The van der Waals surface area contributed by atoms with Gasteiger partial charge in [0.1, 0.15) is 17.8 Å². The third-order valence-corrected chi connectivity index (χ3v) is 5.89. The Labute approximate surface area is 191 Å². The number of β-lactam (4-membered cyclic amide) rings is 1. The van der Waals surface area contributed by atoms with Crippen LogP contribution in [0.25, 0.3) is 0 Å². The minimum Gasteiger partial charge on any atom is -0.494 e. The number of likely N-dealkylation sites (tertiary alicyclic amines) is 1. The molecule has 0 aliphatic carbocycles. The molecule has 2 aromatic rings. The predicted molar refractivity (Wildman–Crippen MR) is 115 cm³/mol. The van der Waals surface area contributed by atoms with E-state index in [1.54, 1.807) is 17.5 Å². The molecule has 0 radical (unpaired) electrons. The van der Waals surface area contributed by atoms with E-state index < -0.39 is 47.7 Å². The zero-order chi connectivity index (χ0) is 24.1. The smallest absolute Gasteiger partial charge is 0.331 e. The van der Waals surface area contributed by atoms with Gasteiger partial charge in [0.15, 0.2) is 6.04 Å². The highest BCUT2D eigenvalue weighted by atomic mass is 32.1. The minimum atomic E-state index is -1.18. The van der Waals surface area contributed by atoms with Crippen molar-refractivity contribution in [1.29, 1.82) is 0 Å². The Morgan fingerprint density at radius 1 is 1.15 bits per heavy atom. The van der Waals surface area contributed by atoms with E-state index in [0.29, 0.717) is 10.6 Å². The van der Waals surface area contributed by atoms with E-state index in [1.807, 2.05) is 0 Å². The fraction of sp³-hybridized carbons (Fsp3) is 0.286. The molecular formula is C21H21N3O8S. The fourth-order valence-corrected chi connectivity index (χ4v) is 3.96. The van der Waals surface area contributed by atoms with Crippen molar-refractivity contribution in [1.82, 2.24) is 10.2 Å². The van der Waals surface area contributed by atoms with Crippen molar-refractivity contribution in [3.8, 4) is 5.75 Å². The van der Waals surface area contributed by atoms with Gasteiger partial charge in [-0.2, -0.15) is 0 Å². The summed E-state index contributed by atoms with van der Waals surface area (Å²) in [6, 6.07) is 5.74. The summed E-state index contributed by atoms with van der Waals surface area (Å²) in [7, 11) is 0. The molecule has 33 heavy (non-hydrogen) atoms. The highest BCUT2D eigenvalue weighted by Crippen LogP contribution is 2.30. The number of thiophene rings is 1.